The van der Waals surface area contributed by atoms with Crippen LogP contribution >= 0.6 is 0 Å². The van der Waals surface area contributed by atoms with E-state index in [0.717, 1.165) is 0 Å². The van der Waals surface area contributed by atoms with Crippen LogP contribution in [0.2, 0.25) is 0 Å². The van der Waals surface area contributed by atoms with E-state index in [9.17, 15) is 4.79 Å². The minimum atomic E-state index is -0.0659. The second kappa shape index (κ2) is 5.84. The Hall–Kier alpha value is -1.79. The van der Waals surface area contributed by atoms with Crippen molar-refractivity contribution >= 4 is 6.03 Å². The molecule has 2 amide bonds. The zero-order chi connectivity index (χ0) is 11.1. The highest BCUT2D eigenvalue weighted by Gasteiger charge is 2.19. The Kier molecular flexibility index (Phi) is 4.39. The van der Waals surface area contributed by atoms with E-state index in [1.54, 1.807) is 9.80 Å². The van der Waals surface area contributed by atoms with Crippen LogP contribution in [0.3, 0.4) is 0 Å². The van der Waals surface area contributed by atoms with Crippen LogP contribution in [0.15, 0.2) is 0 Å². The summed E-state index contributed by atoms with van der Waals surface area (Å²) in [5.74, 6) is 0. The van der Waals surface area contributed by atoms with Crippen molar-refractivity contribution in [3.05, 3.63) is 0 Å². The van der Waals surface area contributed by atoms with Crippen LogP contribution in [0.1, 0.15) is 0 Å². The smallest absolute Gasteiger partial charge is 0.317 e. The molecule has 6 nitrogen and oxygen atoms in total. The molecule has 1 saturated heterocycles. The van der Waals surface area contributed by atoms with Crippen LogP contribution < -0.4 is 5.32 Å². The van der Waals surface area contributed by atoms with E-state index in [2.05, 4.69) is 5.32 Å². The Morgan fingerprint density at radius 3 is 2.53 bits per heavy atom. The fourth-order valence-corrected chi connectivity index (χ4v) is 1.40. The van der Waals surface area contributed by atoms with Gasteiger partial charge < -0.3 is 10.2 Å². The summed E-state index contributed by atoms with van der Waals surface area (Å²) >= 11 is 0. The van der Waals surface area contributed by atoms with Gasteiger partial charge in [0.1, 0.15) is 0 Å². The van der Waals surface area contributed by atoms with Gasteiger partial charge in [-0.3, -0.25) is 4.90 Å². The Bertz CT molecular complexity index is 287. The molecular weight excluding hydrogens is 194 g/mol. The molecular formula is C9H13N5O. The molecule has 0 unspecified atom stereocenters. The standard InChI is InChI=1S/C9H13N5O/c10-1-4-13(5-2-11)7-8-14-6-3-12-9(14)15/h3-8H2,(H,12,15). The number of nitriles is 2. The molecule has 0 aromatic carbocycles. The second-order valence-corrected chi connectivity index (χ2v) is 3.25. The molecule has 0 saturated carbocycles. The van der Waals surface area contributed by atoms with Gasteiger partial charge in [0.2, 0.25) is 0 Å². The first kappa shape index (κ1) is 11.3. The van der Waals surface area contributed by atoms with Gasteiger partial charge in [0.05, 0.1) is 25.2 Å². The van der Waals surface area contributed by atoms with E-state index in [-0.39, 0.29) is 19.1 Å². The number of urea groups is 1. The van der Waals surface area contributed by atoms with Crippen LogP contribution in [0.25, 0.3) is 0 Å². The molecule has 1 aliphatic heterocycles. The van der Waals surface area contributed by atoms with Gasteiger partial charge in [-0.2, -0.15) is 10.5 Å². The lowest BCUT2D eigenvalue weighted by Crippen LogP contribution is -2.37. The predicted octanol–water partition coefficient (Wildman–Crippen LogP) is -0.639. The molecule has 0 bridgehead atoms. The van der Waals surface area contributed by atoms with Crippen molar-refractivity contribution in [2.75, 3.05) is 39.3 Å². The molecule has 1 N–H and O–H groups in total. The van der Waals surface area contributed by atoms with Crippen molar-refractivity contribution in [1.82, 2.24) is 15.1 Å². The molecule has 0 aromatic heterocycles. The number of hydrogen-bond acceptors (Lipinski definition) is 4. The number of nitrogens with zero attached hydrogens (tertiary/aromatic N) is 4. The lowest BCUT2D eigenvalue weighted by Gasteiger charge is -2.19. The number of hydrogen-bond donors (Lipinski definition) is 1. The number of carbonyl (C=O) groups excluding carboxylic acids is 1. The van der Waals surface area contributed by atoms with Gasteiger partial charge in [-0.05, 0) is 0 Å². The van der Waals surface area contributed by atoms with E-state index in [1.165, 1.54) is 0 Å². The zero-order valence-electron chi connectivity index (χ0n) is 8.44. The van der Waals surface area contributed by atoms with Gasteiger partial charge in [0.25, 0.3) is 0 Å². The molecule has 1 fully saturated rings. The summed E-state index contributed by atoms with van der Waals surface area (Å²) in [7, 11) is 0. The fraction of sp³-hybridized carbons (Fsp3) is 0.667. The van der Waals surface area contributed by atoms with Gasteiger partial charge in [0.15, 0.2) is 0 Å². The predicted molar refractivity (Wildman–Crippen MR) is 52.6 cm³/mol. The summed E-state index contributed by atoms with van der Waals surface area (Å²) in [6.45, 7) is 2.96. The van der Waals surface area contributed by atoms with Crippen LogP contribution in [-0.2, 0) is 0 Å². The first-order chi connectivity index (χ1) is 7.27. The van der Waals surface area contributed by atoms with Crippen LogP contribution in [0, 0.1) is 22.7 Å². The van der Waals surface area contributed by atoms with Crippen LogP contribution in [0.4, 0.5) is 4.79 Å². The van der Waals surface area contributed by atoms with E-state index in [4.69, 9.17) is 10.5 Å². The third kappa shape index (κ3) is 3.45. The Labute approximate surface area is 88.7 Å². The van der Waals surface area contributed by atoms with Gasteiger partial charge in [0, 0.05) is 26.2 Å². The molecule has 15 heavy (non-hydrogen) atoms. The largest absolute Gasteiger partial charge is 0.336 e. The number of nitrogens with one attached hydrogen (secondary N) is 1. The maximum Gasteiger partial charge on any atom is 0.317 e. The van der Waals surface area contributed by atoms with Crippen LogP contribution in [-0.4, -0.2) is 55.1 Å². The highest BCUT2D eigenvalue weighted by atomic mass is 16.2. The molecule has 6 heteroatoms. The second-order valence-electron chi connectivity index (χ2n) is 3.25. The molecule has 0 spiro atoms. The maximum atomic E-state index is 11.2. The Morgan fingerprint density at radius 1 is 1.40 bits per heavy atom. The molecule has 1 aliphatic rings. The van der Waals surface area contributed by atoms with Crippen molar-refractivity contribution in [2.45, 2.75) is 0 Å². The lowest BCUT2D eigenvalue weighted by atomic mass is 10.4. The summed E-state index contributed by atoms with van der Waals surface area (Å²) in [5.41, 5.74) is 0. The summed E-state index contributed by atoms with van der Waals surface area (Å²) < 4.78 is 0. The van der Waals surface area contributed by atoms with E-state index < -0.39 is 0 Å². The van der Waals surface area contributed by atoms with E-state index in [0.29, 0.717) is 26.2 Å². The minimum absolute atomic E-state index is 0.0659. The first-order valence-electron chi connectivity index (χ1n) is 4.77. The average Bonchev–Trinajstić information content (AvgIpc) is 2.61. The van der Waals surface area contributed by atoms with Crippen LogP contribution in [0.5, 0.6) is 0 Å². The quantitative estimate of drug-likeness (QED) is 0.608. The lowest BCUT2D eigenvalue weighted by molar-refractivity contribution is 0.208. The SMILES string of the molecule is N#CCN(CC#N)CCN1CCNC1=O. The van der Waals surface area contributed by atoms with Crippen molar-refractivity contribution in [3.8, 4) is 12.1 Å². The molecule has 80 valence electrons. The number of carbonyl (C=O) groups is 1. The van der Waals surface area contributed by atoms with Crippen molar-refractivity contribution < 1.29 is 4.79 Å². The molecule has 0 aromatic rings. The van der Waals surface area contributed by atoms with E-state index in [1.807, 2.05) is 12.1 Å². The van der Waals surface area contributed by atoms with Gasteiger partial charge in [-0.15, -0.1) is 0 Å². The van der Waals surface area contributed by atoms with Crippen molar-refractivity contribution in [1.29, 1.82) is 10.5 Å². The highest BCUT2D eigenvalue weighted by molar-refractivity contribution is 5.76. The summed E-state index contributed by atoms with van der Waals surface area (Å²) in [4.78, 5) is 14.6. The molecule has 0 atom stereocenters. The van der Waals surface area contributed by atoms with E-state index >= 15 is 0 Å². The normalized spacial score (nSPS) is 14.9. The molecule has 0 radical (unpaired) electrons. The third-order valence-electron chi connectivity index (χ3n) is 2.22. The molecule has 1 rings (SSSR count). The van der Waals surface area contributed by atoms with Crippen molar-refractivity contribution in [3.63, 3.8) is 0 Å². The Morgan fingerprint density at radius 2 is 2.07 bits per heavy atom. The highest BCUT2D eigenvalue weighted by Crippen LogP contribution is 1.97. The number of amides is 2. The monoisotopic (exact) mass is 207 g/mol. The summed E-state index contributed by atoms with van der Waals surface area (Å²) in [5, 5.41) is 19.7. The summed E-state index contributed by atoms with van der Waals surface area (Å²) in [6.07, 6.45) is 0. The summed E-state index contributed by atoms with van der Waals surface area (Å²) in [6, 6.07) is 3.92. The van der Waals surface area contributed by atoms with Gasteiger partial charge >= 0.3 is 6.03 Å². The van der Waals surface area contributed by atoms with Gasteiger partial charge in [-0.25, -0.2) is 4.79 Å². The first-order valence-corrected chi connectivity index (χ1v) is 4.77. The molecule has 0 aliphatic carbocycles. The average molecular weight is 207 g/mol. The zero-order valence-corrected chi connectivity index (χ0v) is 8.44. The maximum absolute atomic E-state index is 11.2. The Balaban J connectivity index is 2.30. The van der Waals surface area contributed by atoms with Gasteiger partial charge in [-0.1, -0.05) is 0 Å². The fourth-order valence-electron chi connectivity index (χ4n) is 1.40. The van der Waals surface area contributed by atoms with Crippen molar-refractivity contribution in [2.24, 2.45) is 0 Å². The third-order valence-corrected chi connectivity index (χ3v) is 2.22. The minimum Gasteiger partial charge on any atom is -0.336 e. The topological polar surface area (TPSA) is 83.2 Å². The number of rotatable bonds is 5. The molecule has 1 heterocycles.